The van der Waals surface area contributed by atoms with E-state index in [-0.39, 0.29) is 5.91 Å². The molecule has 1 aliphatic carbocycles. The molecule has 0 radical (unpaired) electrons. The molecule has 32 heavy (non-hydrogen) atoms. The van der Waals surface area contributed by atoms with Gasteiger partial charge in [0.05, 0.1) is 17.1 Å². The average Bonchev–Trinajstić information content (AvgIpc) is 3.53. The Morgan fingerprint density at radius 3 is 2.62 bits per heavy atom. The van der Waals surface area contributed by atoms with Crippen molar-refractivity contribution in [1.82, 2.24) is 24.9 Å². The van der Waals surface area contributed by atoms with Crippen LogP contribution in [0.1, 0.15) is 33.9 Å². The number of fused-ring (bicyclic) bond motifs is 1. The van der Waals surface area contributed by atoms with Crippen molar-refractivity contribution < 1.29 is 13.6 Å². The molecule has 162 valence electrons. The zero-order chi connectivity index (χ0) is 22.1. The molecular formula is C24H21F2N5O. The van der Waals surface area contributed by atoms with E-state index in [9.17, 15) is 13.6 Å². The number of rotatable bonds is 6. The van der Waals surface area contributed by atoms with Gasteiger partial charge in [-0.15, -0.1) is 0 Å². The number of hydrogen-bond acceptors (Lipinski definition) is 3. The number of para-hydroxylation sites is 1. The molecule has 5 rings (SSSR count). The molecule has 0 atom stereocenters. The maximum absolute atomic E-state index is 13.7. The minimum absolute atomic E-state index is 0.271. The van der Waals surface area contributed by atoms with Crippen molar-refractivity contribution in [2.75, 3.05) is 6.54 Å². The molecule has 1 amide bonds. The Morgan fingerprint density at radius 2 is 1.81 bits per heavy atom. The Kier molecular flexibility index (Phi) is 5.26. The second kappa shape index (κ2) is 8.37. The van der Waals surface area contributed by atoms with Crippen LogP contribution in [0.25, 0.3) is 11.4 Å². The lowest BCUT2D eigenvalue weighted by Gasteiger charge is -2.06. The average molecular weight is 433 g/mol. The van der Waals surface area contributed by atoms with Gasteiger partial charge < -0.3 is 5.32 Å². The van der Waals surface area contributed by atoms with Crippen LogP contribution in [0.2, 0.25) is 0 Å². The largest absolute Gasteiger partial charge is 0.350 e. The molecule has 0 bridgehead atoms. The van der Waals surface area contributed by atoms with E-state index in [1.54, 1.807) is 9.36 Å². The molecule has 0 saturated carbocycles. The van der Waals surface area contributed by atoms with Gasteiger partial charge >= 0.3 is 0 Å². The molecule has 2 aromatic carbocycles. The molecule has 2 heterocycles. The Hall–Kier alpha value is -3.81. The lowest BCUT2D eigenvalue weighted by molar-refractivity contribution is 0.0947. The first-order chi connectivity index (χ1) is 15.6. The fourth-order valence-electron chi connectivity index (χ4n) is 4.06. The summed E-state index contributed by atoms with van der Waals surface area (Å²) in [5.41, 5.74) is 4.35. The van der Waals surface area contributed by atoms with Crippen LogP contribution in [0.3, 0.4) is 0 Å². The van der Waals surface area contributed by atoms with Gasteiger partial charge in [-0.3, -0.25) is 4.79 Å². The fraction of sp³-hybridized carbons (Fsp3) is 0.208. The normalized spacial score (nSPS) is 12.7. The highest BCUT2D eigenvalue weighted by Crippen LogP contribution is 2.28. The lowest BCUT2D eigenvalue weighted by Crippen LogP contribution is -2.27. The maximum atomic E-state index is 13.7. The quantitative estimate of drug-likeness (QED) is 0.503. The molecule has 2 aromatic heterocycles. The molecule has 0 fully saturated rings. The van der Waals surface area contributed by atoms with Gasteiger partial charge in [-0.05, 0) is 49.6 Å². The fourth-order valence-corrected chi connectivity index (χ4v) is 4.06. The number of carbonyl (C=O) groups is 1. The van der Waals surface area contributed by atoms with Crippen molar-refractivity contribution in [3.63, 3.8) is 0 Å². The Bertz CT molecular complexity index is 1280. The van der Waals surface area contributed by atoms with E-state index < -0.39 is 11.6 Å². The summed E-state index contributed by atoms with van der Waals surface area (Å²) in [7, 11) is 0. The molecule has 0 saturated heterocycles. The third-order valence-electron chi connectivity index (χ3n) is 5.62. The van der Waals surface area contributed by atoms with Crippen molar-refractivity contribution in [3.05, 3.63) is 95.1 Å². The van der Waals surface area contributed by atoms with E-state index in [1.165, 1.54) is 6.07 Å². The van der Waals surface area contributed by atoms with E-state index in [1.807, 2.05) is 42.6 Å². The molecule has 1 aliphatic rings. The molecule has 6 nitrogen and oxygen atoms in total. The summed E-state index contributed by atoms with van der Waals surface area (Å²) in [6.07, 6.45) is 4.85. The summed E-state index contributed by atoms with van der Waals surface area (Å²) in [5.74, 6) is -2.12. The second-order valence-corrected chi connectivity index (χ2v) is 7.73. The van der Waals surface area contributed by atoms with E-state index in [4.69, 9.17) is 0 Å². The SMILES string of the molecule is O=C(NCCc1ccn(-c2ccccc2)n1)c1nn(-c2ccc(F)c(F)c2)c2c1CCC2. The van der Waals surface area contributed by atoms with E-state index >= 15 is 0 Å². The van der Waals surface area contributed by atoms with Crippen molar-refractivity contribution in [1.29, 1.82) is 0 Å². The van der Waals surface area contributed by atoms with Crippen LogP contribution < -0.4 is 5.32 Å². The molecule has 1 N–H and O–H groups in total. The van der Waals surface area contributed by atoms with Crippen LogP contribution in [0, 0.1) is 11.6 Å². The predicted octanol–water partition coefficient (Wildman–Crippen LogP) is 3.80. The van der Waals surface area contributed by atoms with Gasteiger partial charge in [0.2, 0.25) is 0 Å². The van der Waals surface area contributed by atoms with Crippen LogP contribution in [0.15, 0.2) is 60.8 Å². The standard InChI is InChI=1S/C24H21F2N5O/c25-20-10-9-18(15-21(20)26)31-22-8-4-7-19(22)23(29-31)24(32)27-13-11-16-12-14-30(28-16)17-5-2-1-3-6-17/h1-3,5-6,9-10,12,14-15H,4,7-8,11,13H2,(H,27,32). The highest BCUT2D eigenvalue weighted by atomic mass is 19.2. The highest BCUT2D eigenvalue weighted by Gasteiger charge is 2.27. The Balaban J connectivity index is 1.28. The van der Waals surface area contributed by atoms with E-state index in [2.05, 4.69) is 15.5 Å². The van der Waals surface area contributed by atoms with Crippen molar-refractivity contribution >= 4 is 5.91 Å². The van der Waals surface area contributed by atoms with Crippen LogP contribution in [-0.4, -0.2) is 32.0 Å². The van der Waals surface area contributed by atoms with Gasteiger partial charge in [0.1, 0.15) is 0 Å². The van der Waals surface area contributed by atoms with Crippen molar-refractivity contribution in [2.24, 2.45) is 0 Å². The number of halogens is 2. The molecule has 4 aromatic rings. The molecule has 8 heteroatoms. The van der Waals surface area contributed by atoms with Gasteiger partial charge in [-0.1, -0.05) is 18.2 Å². The first kappa shape index (κ1) is 20.1. The van der Waals surface area contributed by atoms with Gasteiger partial charge in [0.25, 0.3) is 5.91 Å². The summed E-state index contributed by atoms with van der Waals surface area (Å²) in [6, 6.07) is 15.4. The zero-order valence-corrected chi connectivity index (χ0v) is 17.3. The van der Waals surface area contributed by atoms with Crippen LogP contribution >= 0.6 is 0 Å². The van der Waals surface area contributed by atoms with Gasteiger partial charge in [0.15, 0.2) is 17.3 Å². The summed E-state index contributed by atoms with van der Waals surface area (Å²) in [6.45, 7) is 0.414. The van der Waals surface area contributed by atoms with E-state index in [0.29, 0.717) is 24.3 Å². The molecule has 0 unspecified atom stereocenters. The van der Waals surface area contributed by atoms with Crippen LogP contribution in [0.4, 0.5) is 8.78 Å². The third kappa shape index (κ3) is 3.79. The summed E-state index contributed by atoms with van der Waals surface area (Å²) >= 11 is 0. The number of nitrogens with one attached hydrogen (secondary N) is 1. The van der Waals surface area contributed by atoms with Crippen molar-refractivity contribution in [3.8, 4) is 11.4 Å². The number of amides is 1. The summed E-state index contributed by atoms with van der Waals surface area (Å²) in [4.78, 5) is 12.8. The molecule has 0 aliphatic heterocycles. The third-order valence-corrected chi connectivity index (χ3v) is 5.62. The number of aromatic nitrogens is 4. The highest BCUT2D eigenvalue weighted by molar-refractivity contribution is 5.94. The Labute approximate surface area is 183 Å². The number of carbonyl (C=O) groups excluding carboxylic acids is 1. The van der Waals surface area contributed by atoms with Gasteiger partial charge in [0, 0.05) is 36.5 Å². The van der Waals surface area contributed by atoms with Crippen LogP contribution in [0.5, 0.6) is 0 Å². The number of benzene rings is 2. The summed E-state index contributed by atoms with van der Waals surface area (Å²) in [5, 5.41) is 11.9. The van der Waals surface area contributed by atoms with Gasteiger partial charge in [-0.25, -0.2) is 18.1 Å². The second-order valence-electron chi connectivity index (χ2n) is 7.73. The Morgan fingerprint density at radius 1 is 0.969 bits per heavy atom. The monoisotopic (exact) mass is 433 g/mol. The number of nitrogens with zero attached hydrogens (tertiary/aromatic N) is 4. The number of hydrogen-bond donors (Lipinski definition) is 1. The van der Waals surface area contributed by atoms with Gasteiger partial charge in [-0.2, -0.15) is 10.2 Å². The van der Waals surface area contributed by atoms with Crippen LogP contribution in [-0.2, 0) is 19.3 Å². The van der Waals surface area contributed by atoms with E-state index in [0.717, 1.165) is 54.0 Å². The molecule has 0 spiro atoms. The zero-order valence-electron chi connectivity index (χ0n) is 17.3. The first-order valence-corrected chi connectivity index (χ1v) is 10.5. The van der Waals surface area contributed by atoms with Crippen molar-refractivity contribution in [2.45, 2.75) is 25.7 Å². The molecular weight excluding hydrogens is 412 g/mol. The minimum atomic E-state index is -0.939. The predicted molar refractivity (Wildman–Crippen MR) is 115 cm³/mol. The maximum Gasteiger partial charge on any atom is 0.272 e. The topological polar surface area (TPSA) is 64.7 Å². The lowest BCUT2D eigenvalue weighted by atomic mass is 10.2. The smallest absolute Gasteiger partial charge is 0.272 e. The summed E-state index contributed by atoms with van der Waals surface area (Å²) < 4.78 is 30.4. The minimum Gasteiger partial charge on any atom is -0.350 e. The first-order valence-electron chi connectivity index (χ1n) is 10.5.